The van der Waals surface area contributed by atoms with Gasteiger partial charge in [-0.15, -0.1) is 11.3 Å². The number of nitrogens with zero attached hydrogens (tertiary/aromatic N) is 3. The molecule has 1 atom stereocenters. The van der Waals surface area contributed by atoms with Gasteiger partial charge in [0.2, 0.25) is 5.91 Å². The van der Waals surface area contributed by atoms with E-state index in [0.717, 1.165) is 31.1 Å². The first-order valence-corrected chi connectivity index (χ1v) is 7.70. The molecule has 1 aliphatic heterocycles. The van der Waals surface area contributed by atoms with E-state index in [1.54, 1.807) is 17.4 Å². The maximum absolute atomic E-state index is 12.1. The van der Waals surface area contributed by atoms with Crippen molar-refractivity contribution in [2.45, 2.75) is 19.4 Å². The van der Waals surface area contributed by atoms with Crippen LogP contribution in [0.1, 0.15) is 18.2 Å². The summed E-state index contributed by atoms with van der Waals surface area (Å²) in [7, 11) is 0. The molecular formula is C15H19N3OS. The lowest BCUT2D eigenvalue weighted by Crippen LogP contribution is -2.50. The second-order valence-corrected chi connectivity index (χ2v) is 5.90. The Labute approximate surface area is 123 Å². The van der Waals surface area contributed by atoms with E-state index in [9.17, 15) is 4.79 Å². The van der Waals surface area contributed by atoms with Crippen molar-refractivity contribution in [1.29, 1.82) is 5.26 Å². The molecule has 1 fully saturated rings. The Bertz CT molecular complexity index is 496. The molecule has 5 heteroatoms. The van der Waals surface area contributed by atoms with Gasteiger partial charge in [-0.3, -0.25) is 9.69 Å². The Hall–Kier alpha value is -1.64. The molecule has 1 amide bonds. The zero-order valence-electron chi connectivity index (χ0n) is 11.7. The van der Waals surface area contributed by atoms with Crippen LogP contribution in [0.3, 0.4) is 0 Å². The number of hydrogen-bond acceptors (Lipinski definition) is 4. The van der Waals surface area contributed by atoms with E-state index in [-0.39, 0.29) is 11.9 Å². The van der Waals surface area contributed by atoms with Gasteiger partial charge in [0, 0.05) is 43.2 Å². The largest absolute Gasteiger partial charge is 0.337 e. The number of rotatable bonds is 4. The number of piperazine rings is 1. The fourth-order valence-corrected chi connectivity index (χ4v) is 2.91. The fourth-order valence-electron chi connectivity index (χ4n) is 2.29. The first-order valence-electron chi connectivity index (χ1n) is 6.82. The number of thiophene rings is 1. The molecular weight excluding hydrogens is 270 g/mol. The highest BCUT2D eigenvalue weighted by atomic mass is 32.1. The fraction of sp³-hybridized carbons (Fsp3) is 0.467. The van der Waals surface area contributed by atoms with Crippen molar-refractivity contribution in [3.63, 3.8) is 0 Å². The lowest BCUT2D eigenvalue weighted by Gasteiger charge is -2.37. The summed E-state index contributed by atoms with van der Waals surface area (Å²) >= 11 is 1.62. The van der Waals surface area contributed by atoms with Crippen LogP contribution in [0.25, 0.3) is 6.08 Å². The second-order valence-electron chi connectivity index (χ2n) is 4.92. The quantitative estimate of drug-likeness (QED) is 0.798. The monoisotopic (exact) mass is 289 g/mol. The number of carbonyl (C=O) groups is 1. The third kappa shape index (κ3) is 3.92. The van der Waals surface area contributed by atoms with E-state index in [4.69, 9.17) is 5.26 Å². The number of hydrogen-bond donors (Lipinski definition) is 0. The summed E-state index contributed by atoms with van der Waals surface area (Å²) in [5, 5.41) is 10.7. The molecule has 0 radical (unpaired) electrons. The van der Waals surface area contributed by atoms with Gasteiger partial charge in [-0.2, -0.15) is 5.26 Å². The minimum atomic E-state index is 0.0750. The molecule has 0 unspecified atom stereocenters. The van der Waals surface area contributed by atoms with Crippen molar-refractivity contribution in [3.8, 4) is 6.07 Å². The predicted octanol–water partition coefficient (Wildman–Crippen LogP) is 2.21. The summed E-state index contributed by atoms with van der Waals surface area (Å²) in [4.78, 5) is 17.3. The standard InChI is InChI=1S/C15H19N3OS/c1-13(6-7-16)17-8-10-18(11-9-17)15(19)5-4-14-3-2-12-20-14/h2-5,12-13H,6,8-11H2,1H3/b5-4-/t13-/m0/s1. The highest BCUT2D eigenvalue weighted by molar-refractivity contribution is 7.10. The van der Waals surface area contributed by atoms with Gasteiger partial charge in [-0.25, -0.2) is 0 Å². The molecule has 1 aromatic heterocycles. The van der Waals surface area contributed by atoms with E-state index < -0.39 is 0 Å². The molecule has 2 heterocycles. The number of nitriles is 1. The van der Waals surface area contributed by atoms with Gasteiger partial charge in [0.25, 0.3) is 0 Å². The average molecular weight is 289 g/mol. The Morgan fingerprint density at radius 1 is 1.50 bits per heavy atom. The van der Waals surface area contributed by atoms with Gasteiger partial charge >= 0.3 is 0 Å². The topological polar surface area (TPSA) is 47.3 Å². The summed E-state index contributed by atoms with van der Waals surface area (Å²) in [5.74, 6) is 0.0750. The van der Waals surface area contributed by atoms with Crippen LogP contribution < -0.4 is 0 Å². The van der Waals surface area contributed by atoms with Gasteiger partial charge in [0.05, 0.1) is 12.5 Å². The zero-order chi connectivity index (χ0) is 14.4. The van der Waals surface area contributed by atoms with E-state index in [1.807, 2.05) is 28.5 Å². The molecule has 0 spiro atoms. The summed E-state index contributed by atoms with van der Waals surface area (Å²) < 4.78 is 0. The van der Waals surface area contributed by atoms with Crippen molar-refractivity contribution in [2.24, 2.45) is 0 Å². The lowest BCUT2D eigenvalue weighted by atomic mass is 10.2. The molecule has 20 heavy (non-hydrogen) atoms. The SMILES string of the molecule is C[C@@H](CC#N)N1CCN(C(=O)/C=C\c2cccs2)CC1. The van der Waals surface area contributed by atoms with Gasteiger partial charge in [0.1, 0.15) is 0 Å². The van der Waals surface area contributed by atoms with Crippen LogP contribution in [-0.2, 0) is 4.79 Å². The molecule has 106 valence electrons. The number of amides is 1. The Balaban J connectivity index is 1.81. The van der Waals surface area contributed by atoms with Crippen molar-refractivity contribution in [2.75, 3.05) is 26.2 Å². The van der Waals surface area contributed by atoms with Crippen LogP contribution in [0.15, 0.2) is 23.6 Å². The minimum absolute atomic E-state index is 0.0750. The van der Waals surface area contributed by atoms with Gasteiger partial charge < -0.3 is 4.90 Å². The summed E-state index contributed by atoms with van der Waals surface area (Å²) in [5.41, 5.74) is 0. The maximum Gasteiger partial charge on any atom is 0.246 e. The average Bonchev–Trinajstić information content (AvgIpc) is 2.98. The van der Waals surface area contributed by atoms with Crippen LogP contribution in [0.2, 0.25) is 0 Å². The molecule has 1 aliphatic rings. The smallest absolute Gasteiger partial charge is 0.246 e. The molecule has 4 nitrogen and oxygen atoms in total. The first-order chi connectivity index (χ1) is 9.70. The van der Waals surface area contributed by atoms with Gasteiger partial charge in [-0.05, 0) is 24.4 Å². The molecule has 2 rings (SSSR count). The lowest BCUT2D eigenvalue weighted by molar-refractivity contribution is -0.127. The van der Waals surface area contributed by atoms with E-state index in [2.05, 4.69) is 17.9 Å². The van der Waals surface area contributed by atoms with Gasteiger partial charge in [0.15, 0.2) is 0 Å². The Kier molecular flexibility index (Phi) is 5.33. The predicted molar refractivity (Wildman–Crippen MR) is 81.2 cm³/mol. The molecule has 0 bridgehead atoms. The van der Waals surface area contributed by atoms with Crippen LogP contribution in [-0.4, -0.2) is 47.9 Å². The maximum atomic E-state index is 12.1. The summed E-state index contributed by atoms with van der Waals surface area (Å²) in [6, 6.07) is 6.45. The van der Waals surface area contributed by atoms with Crippen LogP contribution in [0.5, 0.6) is 0 Å². The molecule has 0 aromatic carbocycles. The zero-order valence-corrected chi connectivity index (χ0v) is 12.5. The van der Waals surface area contributed by atoms with Crippen LogP contribution in [0, 0.1) is 11.3 Å². The van der Waals surface area contributed by atoms with Crippen molar-refractivity contribution in [3.05, 3.63) is 28.5 Å². The Morgan fingerprint density at radius 3 is 2.85 bits per heavy atom. The molecule has 0 aliphatic carbocycles. The van der Waals surface area contributed by atoms with Crippen LogP contribution in [0.4, 0.5) is 0 Å². The molecule has 0 saturated carbocycles. The third-order valence-corrected chi connectivity index (χ3v) is 4.41. The first kappa shape index (κ1) is 14.8. The third-order valence-electron chi connectivity index (χ3n) is 3.57. The highest BCUT2D eigenvalue weighted by Gasteiger charge is 2.22. The molecule has 1 saturated heterocycles. The van der Waals surface area contributed by atoms with Crippen molar-refractivity contribution >= 4 is 23.3 Å². The molecule has 0 N–H and O–H groups in total. The highest BCUT2D eigenvalue weighted by Crippen LogP contribution is 2.12. The van der Waals surface area contributed by atoms with E-state index >= 15 is 0 Å². The van der Waals surface area contributed by atoms with E-state index in [1.165, 1.54) is 0 Å². The normalized spacial score (nSPS) is 18.1. The molecule has 1 aromatic rings. The Morgan fingerprint density at radius 2 is 2.25 bits per heavy atom. The van der Waals surface area contributed by atoms with Crippen LogP contribution >= 0.6 is 11.3 Å². The second kappa shape index (κ2) is 7.22. The van der Waals surface area contributed by atoms with E-state index in [0.29, 0.717) is 6.42 Å². The summed E-state index contributed by atoms with van der Waals surface area (Å²) in [6.07, 6.45) is 4.07. The van der Waals surface area contributed by atoms with Crippen molar-refractivity contribution in [1.82, 2.24) is 9.80 Å². The summed E-state index contributed by atoms with van der Waals surface area (Å²) in [6.45, 7) is 5.24. The van der Waals surface area contributed by atoms with Gasteiger partial charge in [-0.1, -0.05) is 6.07 Å². The number of carbonyl (C=O) groups excluding carboxylic acids is 1. The minimum Gasteiger partial charge on any atom is -0.337 e. The van der Waals surface area contributed by atoms with Crippen molar-refractivity contribution < 1.29 is 4.79 Å².